The fourth-order valence-electron chi connectivity index (χ4n) is 3.68. The Morgan fingerprint density at radius 3 is 3.09 bits per heavy atom. The van der Waals surface area contributed by atoms with E-state index < -0.39 is 5.82 Å². The molecule has 1 saturated heterocycles. The molecule has 3 aromatic heterocycles. The van der Waals surface area contributed by atoms with Crippen LogP contribution in [0.2, 0.25) is 0 Å². The molecule has 32 heavy (non-hydrogen) atoms. The van der Waals surface area contributed by atoms with Crippen LogP contribution in [-0.4, -0.2) is 67.8 Å². The van der Waals surface area contributed by atoms with Gasteiger partial charge in [0.2, 0.25) is 11.7 Å². The Bertz CT molecular complexity index is 1160. The van der Waals surface area contributed by atoms with Gasteiger partial charge >= 0.3 is 0 Å². The van der Waals surface area contributed by atoms with Gasteiger partial charge in [-0.15, -0.1) is 0 Å². The molecule has 0 aliphatic carbocycles. The molecule has 3 aromatic rings. The lowest BCUT2D eigenvalue weighted by molar-refractivity contribution is -0.131. The standard InChI is InChI=1S/C21H22FN7O3/c22-18-20(25-14-4-3-8-28(13-14)17(31)6-7-23)26-19(27-21(18)32-11-10-30)15-12-24-29-9-2-1-5-16(15)29/h1-2,5,9,12,14,30H,3-4,6,8,10-11,13H2,(H,25,26,27)/t14-/m1/s1. The van der Waals surface area contributed by atoms with Crippen LogP contribution in [-0.2, 0) is 4.79 Å². The highest BCUT2D eigenvalue weighted by Crippen LogP contribution is 2.29. The molecule has 0 aromatic carbocycles. The number of pyridine rings is 1. The number of carbonyl (C=O) groups excluding carboxylic acids is 1. The van der Waals surface area contributed by atoms with E-state index in [-0.39, 0.29) is 49.1 Å². The summed E-state index contributed by atoms with van der Waals surface area (Å²) in [6, 6.07) is 7.14. The molecule has 0 saturated carbocycles. The molecule has 1 aliphatic heterocycles. The molecule has 0 radical (unpaired) electrons. The Morgan fingerprint density at radius 1 is 1.41 bits per heavy atom. The van der Waals surface area contributed by atoms with E-state index in [1.807, 2.05) is 24.3 Å². The van der Waals surface area contributed by atoms with Crippen LogP contribution in [0.1, 0.15) is 19.3 Å². The van der Waals surface area contributed by atoms with Crippen LogP contribution in [0, 0.1) is 17.1 Å². The molecule has 0 spiro atoms. The first-order valence-corrected chi connectivity index (χ1v) is 10.3. The number of piperidine rings is 1. The van der Waals surface area contributed by atoms with Gasteiger partial charge in [-0.3, -0.25) is 4.79 Å². The number of aromatic nitrogens is 4. The van der Waals surface area contributed by atoms with Crippen molar-refractivity contribution in [1.82, 2.24) is 24.5 Å². The number of likely N-dealkylation sites (tertiary alicyclic amines) is 1. The van der Waals surface area contributed by atoms with Gasteiger partial charge in [0.15, 0.2) is 11.6 Å². The number of aliphatic hydroxyl groups excluding tert-OH is 1. The van der Waals surface area contributed by atoms with Crippen LogP contribution in [0.4, 0.5) is 10.2 Å². The van der Waals surface area contributed by atoms with E-state index in [0.717, 1.165) is 11.9 Å². The van der Waals surface area contributed by atoms with Crippen molar-refractivity contribution >= 4 is 17.2 Å². The maximum absolute atomic E-state index is 15.1. The lowest BCUT2D eigenvalue weighted by Gasteiger charge is -2.33. The number of fused-ring (bicyclic) bond motifs is 1. The largest absolute Gasteiger partial charge is 0.473 e. The molecule has 0 unspecified atom stereocenters. The van der Waals surface area contributed by atoms with Crippen LogP contribution >= 0.6 is 0 Å². The number of aliphatic hydroxyl groups is 1. The molecule has 1 aliphatic rings. The van der Waals surface area contributed by atoms with E-state index in [1.165, 1.54) is 0 Å². The Balaban J connectivity index is 1.66. The average molecular weight is 439 g/mol. The molecular weight excluding hydrogens is 417 g/mol. The summed E-state index contributed by atoms with van der Waals surface area (Å²) < 4.78 is 22.1. The molecule has 10 nitrogen and oxygen atoms in total. The number of ether oxygens (including phenoxy) is 1. The third-order valence-electron chi connectivity index (χ3n) is 5.16. The zero-order valence-electron chi connectivity index (χ0n) is 17.2. The molecule has 4 rings (SSSR count). The Morgan fingerprint density at radius 2 is 2.28 bits per heavy atom. The van der Waals surface area contributed by atoms with Crippen molar-refractivity contribution in [2.45, 2.75) is 25.3 Å². The van der Waals surface area contributed by atoms with Gasteiger partial charge in [-0.25, -0.2) is 9.50 Å². The molecule has 1 atom stereocenters. The van der Waals surface area contributed by atoms with Crippen LogP contribution in [0.5, 0.6) is 5.88 Å². The molecular formula is C21H22FN7O3. The quantitative estimate of drug-likeness (QED) is 0.568. The number of nitrogens with one attached hydrogen (secondary N) is 1. The van der Waals surface area contributed by atoms with Crippen molar-refractivity contribution in [2.24, 2.45) is 0 Å². The van der Waals surface area contributed by atoms with E-state index in [1.54, 1.807) is 21.8 Å². The number of halogens is 1. The third kappa shape index (κ3) is 4.45. The van der Waals surface area contributed by atoms with Crippen molar-refractivity contribution in [3.05, 3.63) is 36.4 Å². The fraction of sp³-hybridized carbons (Fsp3) is 0.381. The van der Waals surface area contributed by atoms with Crippen LogP contribution in [0.15, 0.2) is 30.6 Å². The highest BCUT2D eigenvalue weighted by Gasteiger charge is 2.26. The molecule has 11 heteroatoms. The maximum atomic E-state index is 15.1. The summed E-state index contributed by atoms with van der Waals surface area (Å²) in [4.78, 5) is 22.3. The van der Waals surface area contributed by atoms with E-state index in [9.17, 15) is 4.79 Å². The molecule has 166 valence electrons. The third-order valence-corrected chi connectivity index (χ3v) is 5.16. The topological polar surface area (TPSA) is 129 Å². The molecule has 1 fully saturated rings. The van der Waals surface area contributed by atoms with E-state index in [0.29, 0.717) is 25.1 Å². The van der Waals surface area contributed by atoms with Crippen LogP contribution in [0.3, 0.4) is 0 Å². The first-order chi connectivity index (χ1) is 15.6. The van der Waals surface area contributed by atoms with E-state index in [2.05, 4.69) is 20.4 Å². The van der Waals surface area contributed by atoms with Crippen molar-refractivity contribution in [3.8, 4) is 23.3 Å². The highest BCUT2D eigenvalue weighted by molar-refractivity contribution is 5.78. The number of nitrogens with zero attached hydrogens (tertiary/aromatic N) is 6. The number of hydrogen-bond acceptors (Lipinski definition) is 8. The summed E-state index contributed by atoms with van der Waals surface area (Å²) in [7, 11) is 0. The van der Waals surface area contributed by atoms with Crippen molar-refractivity contribution in [2.75, 3.05) is 31.6 Å². The van der Waals surface area contributed by atoms with Gasteiger partial charge in [0.25, 0.3) is 5.88 Å². The summed E-state index contributed by atoms with van der Waals surface area (Å²) in [6.07, 6.45) is 4.60. The number of rotatable bonds is 7. The summed E-state index contributed by atoms with van der Waals surface area (Å²) in [5.41, 5.74) is 1.33. The Kier molecular flexibility index (Phi) is 6.42. The Hall–Kier alpha value is -3.78. The van der Waals surface area contributed by atoms with Gasteiger partial charge in [-0.1, -0.05) is 6.07 Å². The number of nitriles is 1. The molecule has 4 heterocycles. The predicted molar refractivity (Wildman–Crippen MR) is 112 cm³/mol. The molecule has 2 N–H and O–H groups in total. The lowest BCUT2D eigenvalue weighted by atomic mass is 10.1. The van der Waals surface area contributed by atoms with Gasteiger partial charge < -0.3 is 20.1 Å². The van der Waals surface area contributed by atoms with Crippen molar-refractivity contribution in [3.63, 3.8) is 0 Å². The lowest BCUT2D eigenvalue weighted by Crippen LogP contribution is -2.45. The maximum Gasteiger partial charge on any atom is 0.256 e. The van der Waals surface area contributed by atoms with E-state index >= 15 is 4.39 Å². The van der Waals surface area contributed by atoms with Gasteiger partial charge in [-0.05, 0) is 25.0 Å². The van der Waals surface area contributed by atoms with Gasteiger partial charge in [0, 0.05) is 25.3 Å². The van der Waals surface area contributed by atoms with Crippen molar-refractivity contribution < 1.29 is 19.0 Å². The zero-order valence-corrected chi connectivity index (χ0v) is 17.2. The minimum atomic E-state index is -0.779. The van der Waals surface area contributed by atoms with Gasteiger partial charge in [-0.2, -0.15) is 19.7 Å². The molecule has 0 bridgehead atoms. The minimum Gasteiger partial charge on any atom is -0.473 e. The number of anilines is 1. The first kappa shape index (κ1) is 21.5. The fourth-order valence-corrected chi connectivity index (χ4v) is 3.68. The van der Waals surface area contributed by atoms with E-state index in [4.69, 9.17) is 15.1 Å². The first-order valence-electron chi connectivity index (χ1n) is 10.3. The highest BCUT2D eigenvalue weighted by atomic mass is 19.1. The second-order valence-corrected chi connectivity index (χ2v) is 7.33. The SMILES string of the molecule is N#CCC(=O)N1CCC[C@@H](Nc2nc(-c3cnn4ccccc34)nc(OCCO)c2F)C1. The average Bonchev–Trinajstić information content (AvgIpc) is 3.24. The summed E-state index contributed by atoms with van der Waals surface area (Å²) in [5, 5.41) is 25.2. The van der Waals surface area contributed by atoms with Crippen molar-refractivity contribution in [1.29, 1.82) is 5.26 Å². The van der Waals surface area contributed by atoms with Gasteiger partial charge in [0.05, 0.1) is 30.0 Å². The molecule has 1 amide bonds. The van der Waals surface area contributed by atoms with Crippen LogP contribution in [0.25, 0.3) is 16.9 Å². The second-order valence-electron chi connectivity index (χ2n) is 7.33. The number of carbonyl (C=O) groups is 1. The van der Waals surface area contributed by atoms with Gasteiger partial charge in [0.1, 0.15) is 13.0 Å². The number of hydrogen-bond donors (Lipinski definition) is 2. The monoisotopic (exact) mass is 439 g/mol. The smallest absolute Gasteiger partial charge is 0.256 e. The zero-order chi connectivity index (χ0) is 22.5. The Labute approximate surface area is 183 Å². The summed E-state index contributed by atoms with van der Waals surface area (Å²) >= 11 is 0. The summed E-state index contributed by atoms with van der Waals surface area (Å²) in [5.74, 6) is -1.15. The van der Waals surface area contributed by atoms with Crippen LogP contribution < -0.4 is 10.1 Å². The second kappa shape index (κ2) is 9.57. The predicted octanol–water partition coefficient (Wildman–Crippen LogP) is 1.62. The summed E-state index contributed by atoms with van der Waals surface area (Å²) in [6.45, 7) is 0.477. The number of amides is 1. The normalized spacial score (nSPS) is 16.0. The minimum absolute atomic E-state index is 0.0576.